The Hall–Kier alpha value is -2.76. The summed E-state index contributed by atoms with van der Waals surface area (Å²) in [5.74, 6) is 0.683. The number of halogens is 1. The Morgan fingerprint density at radius 3 is 2.84 bits per heavy atom. The molecular weight excluding hydrogens is 321 g/mol. The fourth-order valence-electron chi connectivity index (χ4n) is 2.79. The molecule has 3 N–H and O–H groups in total. The maximum absolute atomic E-state index is 13.3. The molecule has 3 rings (SSSR count). The second kappa shape index (κ2) is 7.88. The summed E-state index contributed by atoms with van der Waals surface area (Å²) in [5, 5.41) is 15.6. The zero-order chi connectivity index (χ0) is 17.6. The molecule has 0 radical (unpaired) electrons. The van der Waals surface area contributed by atoms with Crippen molar-refractivity contribution >= 4 is 5.96 Å². The van der Waals surface area contributed by atoms with Crippen LogP contribution in [-0.4, -0.2) is 31.3 Å². The summed E-state index contributed by atoms with van der Waals surface area (Å²) in [6.45, 7) is 1.93. The van der Waals surface area contributed by atoms with Crippen molar-refractivity contribution in [2.75, 3.05) is 20.2 Å². The third-order valence-electron chi connectivity index (χ3n) is 4.16. The molecule has 1 aliphatic rings. The molecule has 25 heavy (non-hydrogen) atoms. The van der Waals surface area contributed by atoms with Gasteiger partial charge in [0.05, 0.1) is 6.61 Å². The highest BCUT2D eigenvalue weighted by Crippen LogP contribution is 2.25. The van der Waals surface area contributed by atoms with Gasteiger partial charge in [0.15, 0.2) is 17.5 Å². The topological polar surface area (TPSA) is 65.9 Å². The SMILES string of the molecule is CN=C(NCCc1ccc2c(c1)CCO2)NCc1ccc(O)c(F)c1. The predicted molar refractivity (Wildman–Crippen MR) is 95.6 cm³/mol. The molecule has 132 valence electrons. The molecule has 0 aromatic heterocycles. The van der Waals surface area contributed by atoms with Gasteiger partial charge in [0.25, 0.3) is 0 Å². The average Bonchev–Trinajstić information content (AvgIpc) is 3.08. The lowest BCUT2D eigenvalue weighted by Gasteiger charge is -2.12. The van der Waals surface area contributed by atoms with Crippen molar-refractivity contribution in [3.05, 3.63) is 58.9 Å². The Kier molecular flexibility index (Phi) is 5.38. The van der Waals surface area contributed by atoms with Crippen molar-refractivity contribution < 1.29 is 14.2 Å². The molecule has 0 spiro atoms. The minimum absolute atomic E-state index is 0.342. The number of aliphatic imine (C=N–C) groups is 1. The van der Waals surface area contributed by atoms with Gasteiger partial charge in [0, 0.05) is 26.6 Å². The highest BCUT2D eigenvalue weighted by atomic mass is 19.1. The summed E-state index contributed by atoms with van der Waals surface area (Å²) in [7, 11) is 1.69. The zero-order valence-electron chi connectivity index (χ0n) is 14.2. The second-order valence-corrected chi connectivity index (χ2v) is 5.93. The Balaban J connectivity index is 1.47. The fraction of sp³-hybridized carbons (Fsp3) is 0.316. The minimum Gasteiger partial charge on any atom is -0.505 e. The minimum atomic E-state index is -0.622. The van der Waals surface area contributed by atoms with Crippen LogP contribution < -0.4 is 15.4 Å². The van der Waals surface area contributed by atoms with E-state index in [1.165, 1.54) is 23.3 Å². The summed E-state index contributed by atoms with van der Waals surface area (Å²) in [5.41, 5.74) is 3.26. The molecule has 1 heterocycles. The molecule has 1 aliphatic heterocycles. The molecule has 5 nitrogen and oxygen atoms in total. The Bertz CT molecular complexity index is 777. The molecule has 2 aromatic carbocycles. The van der Waals surface area contributed by atoms with E-state index in [9.17, 15) is 9.50 Å². The van der Waals surface area contributed by atoms with Gasteiger partial charge in [-0.2, -0.15) is 0 Å². The number of aromatic hydroxyl groups is 1. The summed E-state index contributed by atoms with van der Waals surface area (Å²) in [4.78, 5) is 4.16. The molecule has 0 fully saturated rings. The molecule has 0 atom stereocenters. The van der Waals surface area contributed by atoms with Crippen LogP contribution in [0.1, 0.15) is 16.7 Å². The molecule has 0 unspecified atom stereocenters. The highest BCUT2D eigenvalue weighted by Gasteiger charge is 2.11. The van der Waals surface area contributed by atoms with Crippen LogP contribution in [0.3, 0.4) is 0 Å². The molecule has 2 aromatic rings. The monoisotopic (exact) mass is 343 g/mol. The van der Waals surface area contributed by atoms with E-state index < -0.39 is 5.82 Å². The van der Waals surface area contributed by atoms with Crippen molar-refractivity contribution in [2.24, 2.45) is 4.99 Å². The summed E-state index contributed by atoms with van der Waals surface area (Å²) < 4.78 is 18.9. The van der Waals surface area contributed by atoms with Gasteiger partial charge in [-0.15, -0.1) is 0 Å². The number of phenols is 1. The smallest absolute Gasteiger partial charge is 0.191 e. The van der Waals surface area contributed by atoms with Crippen LogP contribution in [0.15, 0.2) is 41.4 Å². The normalized spacial score (nSPS) is 13.3. The van der Waals surface area contributed by atoms with Crippen LogP contribution in [-0.2, 0) is 19.4 Å². The highest BCUT2D eigenvalue weighted by molar-refractivity contribution is 5.79. The van der Waals surface area contributed by atoms with E-state index in [2.05, 4.69) is 27.8 Å². The van der Waals surface area contributed by atoms with E-state index in [4.69, 9.17) is 4.74 Å². The van der Waals surface area contributed by atoms with Crippen LogP contribution in [0.25, 0.3) is 0 Å². The lowest BCUT2D eigenvalue weighted by atomic mass is 10.1. The number of nitrogens with one attached hydrogen (secondary N) is 2. The second-order valence-electron chi connectivity index (χ2n) is 5.93. The predicted octanol–water partition coefficient (Wildman–Crippen LogP) is 2.37. The van der Waals surface area contributed by atoms with Gasteiger partial charge in [0.1, 0.15) is 5.75 Å². The van der Waals surface area contributed by atoms with Gasteiger partial charge in [-0.1, -0.05) is 18.2 Å². The van der Waals surface area contributed by atoms with Gasteiger partial charge in [-0.3, -0.25) is 4.99 Å². The van der Waals surface area contributed by atoms with Gasteiger partial charge >= 0.3 is 0 Å². The maximum atomic E-state index is 13.3. The van der Waals surface area contributed by atoms with Gasteiger partial charge in [-0.25, -0.2) is 4.39 Å². The summed E-state index contributed by atoms with van der Waals surface area (Å²) in [6, 6.07) is 10.6. The lowest BCUT2D eigenvalue weighted by Crippen LogP contribution is -2.37. The van der Waals surface area contributed by atoms with E-state index in [0.29, 0.717) is 12.5 Å². The first-order valence-corrected chi connectivity index (χ1v) is 8.32. The van der Waals surface area contributed by atoms with Crippen molar-refractivity contribution in [3.63, 3.8) is 0 Å². The Morgan fingerprint density at radius 1 is 1.20 bits per heavy atom. The molecule has 0 aliphatic carbocycles. The van der Waals surface area contributed by atoms with Crippen molar-refractivity contribution in [1.82, 2.24) is 10.6 Å². The molecule has 6 heteroatoms. The number of ether oxygens (including phenoxy) is 1. The number of guanidine groups is 1. The Labute approximate surface area is 146 Å². The van der Waals surface area contributed by atoms with Crippen LogP contribution in [0.5, 0.6) is 11.5 Å². The van der Waals surface area contributed by atoms with Crippen LogP contribution >= 0.6 is 0 Å². The van der Waals surface area contributed by atoms with E-state index >= 15 is 0 Å². The molecule has 0 amide bonds. The third-order valence-corrected chi connectivity index (χ3v) is 4.16. The number of nitrogens with zero attached hydrogens (tertiary/aromatic N) is 1. The Morgan fingerprint density at radius 2 is 2.04 bits per heavy atom. The molecule has 0 saturated heterocycles. The van der Waals surface area contributed by atoms with Crippen LogP contribution in [0, 0.1) is 5.82 Å². The number of fused-ring (bicyclic) bond motifs is 1. The number of hydrogen-bond donors (Lipinski definition) is 3. The number of rotatable bonds is 5. The van der Waals surface area contributed by atoms with Crippen LogP contribution in [0.2, 0.25) is 0 Å². The van der Waals surface area contributed by atoms with E-state index in [-0.39, 0.29) is 5.75 Å². The number of phenolic OH excluding ortho intramolecular Hbond substituents is 1. The van der Waals surface area contributed by atoms with Gasteiger partial charge in [0.2, 0.25) is 0 Å². The first-order chi connectivity index (χ1) is 12.2. The van der Waals surface area contributed by atoms with Gasteiger partial charge < -0.3 is 20.5 Å². The fourth-order valence-corrected chi connectivity index (χ4v) is 2.79. The number of benzene rings is 2. The van der Waals surface area contributed by atoms with E-state index in [1.54, 1.807) is 13.1 Å². The third kappa shape index (κ3) is 4.41. The van der Waals surface area contributed by atoms with Crippen molar-refractivity contribution in [2.45, 2.75) is 19.4 Å². The molecular formula is C19H22FN3O2. The summed E-state index contributed by atoms with van der Waals surface area (Å²) in [6.07, 6.45) is 1.85. The molecule has 0 saturated carbocycles. The maximum Gasteiger partial charge on any atom is 0.191 e. The quantitative estimate of drug-likeness (QED) is 0.576. The first-order valence-electron chi connectivity index (χ1n) is 8.32. The largest absolute Gasteiger partial charge is 0.505 e. The van der Waals surface area contributed by atoms with E-state index in [0.717, 1.165) is 37.3 Å². The zero-order valence-corrected chi connectivity index (χ0v) is 14.2. The standard InChI is InChI=1S/C19H22FN3O2/c1-21-19(23-12-14-2-4-17(24)16(20)11-14)22-8-6-13-3-5-18-15(10-13)7-9-25-18/h2-5,10-11,24H,6-9,12H2,1H3,(H2,21,22,23). The lowest BCUT2D eigenvalue weighted by molar-refractivity contribution is 0.357. The molecule has 0 bridgehead atoms. The van der Waals surface area contributed by atoms with Crippen LogP contribution in [0.4, 0.5) is 4.39 Å². The number of hydrogen-bond acceptors (Lipinski definition) is 3. The van der Waals surface area contributed by atoms with Crippen molar-refractivity contribution in [3.8, 4) is 11.5 Å². The van der Waals surface area contributed by atoms with Crippen molar-refractivity contribution in [1.29, 1.82) is 0 Å². The first kappa shape index (κ1) is 17.1. The summed E-state index contributed by atoms with van der Waals surface area (Å²) >= 11 is 0. The van der Waals surface area contributed by atoms with Gasteiger partial charge in [-0.05, 0) is 41.3 Å². The average molecular weight is 343 g/mol. The van der Waals surface area contributed by atoms with E-state index in [1.807, 2.05) is 6.07 Å².